The van der Waals surface area contributed by atoms with E-state index in [4.69, 9.17) is 15.5 Å². The van der Waals surface area contributed by atoms with E-state index in [9.17, 15) is 0 Å². The lowest BCUT2D eigenvalue weighted by molar-refractivity contribution is 0.415. The average molecular weight is 261 g/mol. The Morgan fingerprint density at radius 2 is 2.11 bits per heavy atom. The van der Waals surface area contributed by atoms with Crippen molar-refractivity contribution in [1.82, 2.24) is 9.55 Å². The number of aromatic nitrogens is 2. The zero-order valence-corrected chi connectivity index (χ0v) is 11.9. The van der Waals surface area contributed by atoms with Crippen LogP contribution in [-0.2, 0) is 13.0 Å². The fourth-order valence-electron chi connectivity index (χ4n) is 2.43. The zero-order chi connectivity index (χ0) is 13.7. The molecule has 0 aliphatic carbocycles. The Morgan fingerprint density at radius 3 is 2.79 bits per heavy atom. The van der Waals surface area contributed by atoms with Gasteiger partial charge in [-0.2, -0.15) is 0 Å². The first kappa shape index (κ1) is 13.9. The van der Waals surface area contributed by atoms with Crippen LogP contribution in [0.15, 0.2) is 18.2 Å². The van der Waals surface area contributed by atoms with Crippen LogP contribution in [0.3, 0.4) is 0 Å². The number of hydrogen-bond acceptors (Lipinski definition) is 3. The first-order valence-electron chi connectivity index (χ1n) is 7.03. The second kappa shape index (κ2) is 6.57. The first-order chi connectivity index (χ1) is 9.30. The van der Waals surface area contributed by atoms with Crippen LogP contribution in [0, 0.1) is 0 Å². The fourth-order valence-corrected chi connectivity index (χ4v) is 2.43. The number of hydrogen-bond donors (Lipinski definition) is 1. The lowest BCUT2D eigenvalue weighted by Gasteiger charge is -2.06. The number of aryl methyl sites for hydroxylation is 2. The number of ether oxygens (including phenoxy) is 1. The van der Waals surface area contributed by atoms with Crippen molar-refractivity contribution in [3.8, 4) is 5.75 Å². The minimum Gasteiger partial charge on any atom is -0.497 e. The van der Waals surface area contributed by atoms with E-state index in [2.05, 4.69) is 17.6 Å². The van der Waals surface area contributed by atoms with Crippen LogP contribution in [0.1, 0.15) is 32.0 Å². The minimum absolute atomic E-state index is 0.779. The maximum atomic E-state index is 5.52. The summed E-state index contributed by atoms with van der Waals surface area (Å²) < 4.78 is 7.54. The highest BCUT2D eigenvalue weighted by Gasteiger charge is 2.09. The van der Waals surface area contributed by atoms with Crippen LogP contribution in [-0.4, -0.2) is 23.2 Å². The molecule has 0 amide bonds. The molecule has 0 saturated heterocycles. The Hall–Kier alpha value is -1.55. The molecule has 1 heterocycles. The Kier molecular flexibility index (Phi) is 4.80. The predicted octanol–water partition coefficient (Wildman–Crippen LogP) is 2.74. The molecule has 0 aliphatic rings. The van der Waals surface area contributed by atoms with Gasteiger partial charge in [0.05, 0.1) is 18.1 Å². The summed E-state index contributed by atoms with van der Waals surface area (Å²) in [6, 6.07) is 6.09. The summed E-state index contributed by atoms with van der Waals surface area (Å²) in [6.07, 6.45) is 4.44. The van der Waals surface area contributed by atoms with Crippen molar-refractivity contribution in [1.29, 1.82) is 0 Å². The van der Waals surface area contributed by atoms with Crippen LogP contribution >= 0.6 is 0 Å². The van der Waals surface area contributed by atoms with E-state index in [1.165, 1.54) is 17.8 Å². The van der Waals surface area contributed by atoms with Gasteiger partial charge in [-0.1, -0.05) is 6.42 Å². The number of fused-ring (bicyclic) bond motifs is 1. The number of unbranched alkanes of at least 4 members (excludes halogenated alkanes) is 2. The second-order valence-corrected chi connectivity index (χ2v) is 4.73. The Bertz CT molecular complexity index is 533. The van der Waals surface area contributed by atoms with Gasteiger partial charge in [-0.25, -0.2) is 4.98 Å². The number of nitrogens with two attached hydrogens (primary N) is 1. The van der Waals surface area contributed by atoms with E-state index < -0.39 is 0 Å². The van der Waals surface area contributed by atoms with Crippen LogP contribution in [0.5, 0.6) is 5.75 Å². The first-order valence-corrected chi connectivity index (χ1v) is 7.03. The molecule has 0 atom stereocenters. The molecule has 0 fully saturated rings. The van der Waals surface area contributed by atoms with Crippen molar-refractivity contribution in [2.75, 3.05) is 13.7 Å². The third-order valence-electron chi connectivity index (χ3n) is 3.46. The van der Waals surface area contributed by atoms with Crippen LogP contribution in [0.25, 0.3) is 11.0 Å². The highest BCUT2D eigenvalue weighted by molar-refractivity contribution is 5.77. The van der Waals surface area contributed by atoms with Gasteiger partial charge in [0.25, 0.3) is 0 Å². The highest BCUT2D eigenvalue weighted by Crippen LogP contribution is 2.22. The quantitative estimate of drug-likeness (QED) is 0.780. The van der Waals surface area contributed by atoms with E-state index in [1.54, 1.807) is 7.11 Å². The van der Waals surface area contributed by atoms with Crippen molar-refractivity contribution < 1.29 is 4.74 Å². The molecule has 0 unspecified atom stereocenters. The van der Waals surface area contributed by atoms with E-state index in [0.717, 1.165) is 43.6 Å². The van der Waals surface area contributed by atoms with Crippen molar-refractivity contribution in [3.63, 3.8) is 0 Å². The second-order valence-electron chi connectivity index (χ2n) is 4.73. The van der Waals surface area contributed by atoms with Gasteiger partial charge < -0.3 is 15.0 Å². The zero-order valence-electron chi connectivity index (χ0n) is 11.9. The molecule has 0 radical (unpaired) electrons. The van der Waals surface area contributed by atoms with E-state index in [0.29, 0.717) is 0 Å². The molecule has 0 saturated carbocycles. The molecule has 4 nitrogen and oxygen atoms in total. The maximum Gasteiger partial charge on any atom is 0.121 e. The monoisotopic (exact) mass is 261 g/mol. The molecule has 1 aromatic heterocycles. The van der Waals surface area contributed by atoms with Gasteiger partial charge in [0.2, 0.25) is 0 Å². The summed E-state index contributed by atoms with van der Waals surface area (Å²) in [7, 11) is 1.69. The van der Waals surface area contributed by atoms with Gasteiger partial charge in [-0.15, -0.1) is 0 Å². The van der Waals surface area contributed by atoms with Gasteiger partial charge >= 0.3 is 0 Å². The van der Waals surface area contributed by atoms with Crippen molar-refractivity contribution in [3.05, 3.63) is 24.0 Å². The summed E-state index contributed by atoms with van der Waals surface area (Å²) in [6.45, 7) is 3.89. The van der Waals surface area contributed by atoms with Gasteiger partial charge in [0.1, 0.15) is 11.6 Å². The summed E-state index contributed by atoms with van der Waals surface area (Å²) in [5.74, 6) is 2.03. The SMILES string of the molecule is CCn1c(CCCCCN)nc2cc(OC)ccc21. The summed E-state index contributed by atoms with van der Waals surface area (Å²) in [5.41, 5.74) is 7.74. The van der Waals surface area contributed by atoms with E-state index in [-0.39, 0.29) is 0 Å². The summed E-state index contributed by atoms with van der Waals surface area (Å²) in [5, 5.41) is 0. The Balaban J connectivity index is 2.22. The number of imidazole rings is 1. The Labute approximate surface area is 114 Å². The van der Waals surface area contributed by atoms with Gasteiger partial charge in [-0.3, -0.25) is 0 Å². The molecule has 2 rings (SSSR count). The predicted molar refractivity (Wildman–Crippen MR) is 78.6 cm³/mol. The largest absolute Gasteiger partial charge is 0.497 e. The van der Waals surface area contributed by atoms with Crippen LogP contribution < -0.4 is 10.5 Å². The minimum atomic E-state index is 0.779. The lowest BCUT2D eigenvalue weighted by Crippen LogP contribution is -2.03. The average Bonchev–Trinajstić information content (AvgIpc) is 2.79. The third-order valence-corrected chi connectivity index (χ3v) is 3.46. The lowest BCUT2D eigenvalue weighted by atomic mass is 10.2. The van der Waals surface area contributed by atoms with E-state index >= 15 is 0 Å². The normalized spacial score (nSPS) is 11.1. The van der Waals surface area contributed by atoms with Gasteiger partial charge in [-0.05, 0) is 38.4 Å². The Morgan fingerprint density at radius 1 is 1.26 bits per heavy atom. The third kappa shape index (κ3) is 3.07. The van der Waals surface area contributed by atoms with Crippen molar-refractivity contribution >= 4 is 11.0 Å². The smallest absolute Gasteiger partial charge is 0.121 e. The summed E-state index contributed by atoms with van der Waals surface area (Å²) >= 11 is 0. The molecule has 19 heavy (non-hydrogen) atoms. The topological polar surface area (TPSA) is 53.1 Å². The van der Waals surface area contributed by atoms with E-state index in [1.807, 2.05) is 12.1 Å². The number of rotatable bonds is 7. The molecule has 2 aromatic rings. The highest BCUT2D eigenvalue weighted by atomic mass is 16.5. The molecule has 4 heteroatoms. The molecule has 0 spiro atoms. The summed E-state index contributed by atoms with van der Waals surface area (Å²) in [4.78, 5) is 4.74. The molecule has 2 N–H and O–H groups in total. The van der Waals surface area contributed by atoms with Crippen LogP contribution in [0.2, 0.25) is 0 Å². The maximum absolute atomic E-state index is 5.52. The number of methoxy groups -OCH3 is 1. The molecular weight excluding hydrogens is 238 g/mol. The van der Waals surface area contributed by atoms with Crippen LogP contribution in [0.4, 0.5) is 0 Å². The fraction of sp³-hybridized carbons (Fsp3) is 0.533. The van der Waals surface area contributed by atoms with Crippen molar-refractivity contribution in [2.24, 2.45) is 5.73 Å². The molecule has 1 aromatic carbocycles. The van der Waals surface area contributed by atoms with Gasteiger partial charge in [0.15, 0.2) is 0 Å². The number of benzene rings is 1. The number of nitrogens with zero attached hydrogens (tertiary/aromatic N) is 2. The standard InChI is InChI=1S/C15H23N3O/c1-3-18-14-9-8-12(19-2)11-13(14)17-15(18)7-5-4-6-10-16/h8-9,11H,3-7,10,16H2,1-2H3. The van der Waals surface area contributed by atoms with Gasteiger partial charge in [0, 0.05) is 19.0 Å². The molecule has 104 valence electrons. The van der Waals surface area contributed by atoms with Crippen molar-refractivity contribution in [2.45, 2.75) is 39.2 Å². The molecule has 0 bridgehead atoms. The molecular formula is C15H23N3O. The molecule has 0 aliphatic heterocycles.